The number of halogens is 2. The second kappa shape index (κ2) is 4.93. The summed E-state index contributed by atoms with van der Waals surface area (Å²) in [5.74, 6) is 1.26. The van der Waals surface area contributed by atoms with Gasteiger partial charge in [0, 0.05) is 0 Å². The van der Waals surface area contributed by atoms with E-state index in [2.05, 4.69) is 22.6 Å². The highest BCUT2D eigenvalue weighted by Gasteiger charge is 2.08. The van der Waals surface area contributed by atoms with Crippen molar-refractivity contribution in [1.29, 1.82) is 0 Å². The van der Waals surface area contributed by atoms with E-state index in [4.69, 9.17) is 22.1 Å². The molecule has 0 saturated heterocycles. The lowest BCUT2D eigenvalue weighted by molar-refractivity contribution is 0.482. The lowest BCUT2D eigenvalue weighted by atomic mass is 10.3. The van der Waals surface area contributed by atoms with E-state index >= 15 is 0 Å². The molecular formula is C12H9ClINO. The fourth-order valence-electron chi connectivity index (χ4n) is 1.27. The number of nitrogen functional groups attached to an aromatic ring is 1. The number of benzene rings is 2. The van der Waals surface area contributed by atoms with Crippen LogP contribution in [0.25, 0.3) is 0 Å². The highest BCUT2D eigenvalue weighted by Crippen LogP contribution is 2.36. The molecule has 0 radical (unpaired) electrons. The first kappa shape index (κ1) is 11.5. The van der Waals surface area contributed by atoms with Crippen molar-refractivity contribution in [2.24, 2.45) is 0 Å². The maximum absolute atomic E-state index is 6.02. The molecule has 0 aromatic heterocycles. The molecule has 0 aliphatic heterocycles. The highest BCUT2D eigenvalue weighted by atomic mass is 127. The molecular weight excluding hydrogens is 336 g/mol. The van der Waals surface area contributed by atoms with Crippen LogP contribution in [0.15, 0.2) is 42.5 Å². The molecule has 0 amide bonds. The number of hydrogen-bond donors (Lipinski definition) is 1. The predicted molar refractivity (Wildman–Crippen MR) is 75.1 cm³/mol. The molecule has 0 unspecified atom stereocenters. The molecule has 0 heterocycles. The Morgan fingerprint density at radius 2 is 1.81 bits per heavy atom. The fraction of sp³-hybridized carbons (Fsp3) is 0. The third-order valence-corrected chi connectivity index (χ3v) is 3.23. The zero-order valence-corrected chi connectivity index (χ0v) is 11.2. The lowest BCUT2D eigenvalue weighted by Crippen LogP contribution is -1.93. The van der Waals surface area contributed by atoms with E-state index in [0.29, 0.717) is 16.5 Å². The molecule has 2 aromatic carbocycles. The van der Waals surface area contributed by atoms with E-state index in [0.717, 1.165) is 9.32 Å². The summed E-state index contributed by atoms with van der Waals surface area (Å²) in [5, 5.41) is 0.514. The van der Waals surface area contributed by atoms with Gasteiger partial charge in [0.05, 0.1) is 14.3 Å². The summed E-state index contributed by atoms with van der Waals surface area (Å²) in [6, 6.07) is 13.0. The molecule has 0 spiro atoms. The SMILES string of the molecule is Nc1cccc(Cl)c1Oc1ccccc1I. The minimum Gasteiger partial charge on any atom is -0.453 e. The maximum Gasteiger partial charge on any atom is 0.168 e. The summed E-state index contributed by atoms with van der Waals surface area (Å²) >= 11 is 8.23. The van der Waals surface area contributed by atoms with E-state index in [9.17, 15) is 0 Å². The van der Waals surface area contributed by atoms with Gasteiger partial charge in [0.25, 0.3) is 0 Å². The van der Waals surface area contributed by atoms with Crippen LogP contribution in [0.1, 0.15) is 0 Å². The van der Waals surface area contributed by atoms with Crippen molar-refractivity contribution in [2.45, 2.75) is 0 Å². The van der Waals surface area contributed by atoms with Crippen LogP contribution in [0.4, 0.5) is 5.69 Å². The molecule has 2 N–H and O–H groups in total. The number of hydrogen-bond acceptors (Lipinski definition) is 2. The minimum absolute atomic E-state index is 0.508. The summed E-state index contributed by atoms with van der Waals surface area (Å²) in [6.45, 7) is 0. The standard InChI is InChI=1S/C12H9ClINO/c13-8-4-3-6-10(15)12(8)16-11-7-2-1-5-9(11)14/h1-7H,15H2. The van der Waals surface area contributed by atoms with Gasteiger partial charge in [0.1, 0.15) is 5.75 Å². The van der Waals surface area contributed by atoms with Gasteiger partial charge < -0.3 is 10.5 Å². The Labute approximate surface area is 113 Å². The molecule has 0 aliphatic rings. The Hall–Kier alpha value is -0.940. The van der Waals surface area contributed by atoms with Gasteiger partial charge in [-0.05, 0) is 46.9 Å². The first-order chi connectivity index (χ1) is 7.68. The average Bonchev–Trinajstić information content (AvgIpc) is 2.26. The zero-order valence-electron chi connectivity index (χ0n) is 8.28. The number of para-hydroxylation sites is 2. The topological polar surface area (TPSA) is 35.2 Å². The summed E-state index contributed by atoms with van der Waals surface area (Å²) in [6.07, 6.45) is 0. The fourth-order valence-corrected chi connectivity index (χ4v) is 1.99. The molecule has 0 fully saturated rings. The minimum atomic E-state index is 0.508. The first-order valence-corrected chi connectivity index (χ1v) is 6.10. The van der Waals surface area contributed by atoms with E-state index in [1.54, 1.807) is 18.2 Å². The van der Waals surface area contributed by atoms with E-state index in [1.807, 2.05) is 24.3 Å². The Morgan fingerprint density at radius 3 is 2.50 bits per heavy atom. The molecule has 0 aliphatic carbocycles. The first-order valence-electron chi connectivity index (χ1n) is 4.65. The average molecular weight is 346 g/mol. The van der Waals surface area contributed by atoms with Gasteiger partial charge in [-0.1, -0.05) is 29.8 Å². The largest absolute Gasteiger partial charge is 0.453 e. The van der Waals surface area contributed by atoms with Crippen molar-refractivity contribution in [3.63, 3.8) is 0 Å². The van der Waals surface area contributed by atoms with Crippen molar-refractivity contribution < 1.29 is 4.74 Å². The molecule has 2 rings (SSSR count). The van der Waals surface area contributed by atoms with Gasteiger partial charge in [-0.25, -0.2) is 0 Å². The van der Waals surface area contributed by atoms with Crippen LogP contribution in [0.2, 0.25) is 5.02 Å². The lowest BCUT2D eigenvalue weighted by Gasteiger charge is -2.11. The molecule has 16 heavy (non-hydrogen) atoms. The van der Waals surface area contributed by atoms with Gasteiger partial charge in [-0.2, -0.15) is 0 Å². The normalized spacial score (nSPS) is 10.1. The van der Waals surface area contributed by atoms with Crippen LogP contribution < -0.4 is 10.5 Å². The van der Waals surface area contributed by atoms with Crippen molar-refractivity contribution in [2.75, 3.05) is 5.73 Å². The van der Waals surface area contributed by atoms with Crippen molar-refractivity contribution in [3.05, 3.63) is 51.1 Å². The van der Waals surface area contributed by atoms with Crippen molar-refractivity contribution in [1.82, 2.24) is 0 Å². The monoisotopic (exact) mass is 345 g/mol. The van der Waals surface area contributed by atoms with Gasteiger partial charge >= 0.3 is 0 Å². The Kier molecular flexibility index (Phi) is 3.56. The number of rotatable bonds is 2. The van der Waals surface area contributed by atoms with Crippen molar-refractivity contribution >= 4 is 39.9 Å². The Bertz CT molecular complexity index is 496. The third kappa shape index (κ3) is 2.41. The number of ether oxygens (including phenoxy) is 1. The summed E-state index contributed by atoms with van der Waals surface area (Å²) in [7, 11) is 0. The summed E-state index contributed by atoms with van der Waals surface area (Å²) < 4.78 is 6.72. The van der Waals surface area contributed by atoms with Gasteiger partial charge in [0.2, 0.25) is 0 Å². The molecule has 82 valence electrons. The summed E-state index contributed by atoms with van der Waals surface area (Å²) in [4.78, 5) is 0. The quantitative estimate of drug-likeness (QED) is 0.650. The maximum atomic E-state index is 6.02. The summed E-state index contributed by atoms with van der Waals surface area (Å²) in [5.41, 5.74) is 6.34. The second-order valence-corrected chi connectivity index (χ2v) is 4.76. The van der Waals surface area contributed by atoms with E-state index in [-0.39, 0.29) is 0 Å². The molecule has 4 heteroatoms. The Balaban J connectivity index is 2.38. The van der Waals surface area contributed by atoms with Gasteiger partial charge in [0.15, 0.2) is 5.75 Å². The van der Waals surface area contributed by atoms with Crippen molar-refractivity contribution in [3.8, 4) is 11.5 Å². The molecule has 2 aromatic rings. The Morgan fingerprint density at radius 1 is 1.06 bits per heavy atom. The smallest absolute Gasteiger partial charge is 0.168 e. The van der Waals surface area contributed by atoms with E-state index in [1.165, 1.54) is 0 Å². The van der Waals surface area contributed by atoms with Gasteiger partial charge in [-0.15, -0.1) is 0 Å². The van der Waals surface area contributed by atoms with Crippen LogP contribution in [-0.4, -0.2) is 0 Å². The third-order valence-electron chi connectivity index (χ3n) is 2.05. The van der Waals surface area contributed by atoms with Crippen LogP contribution in [0.5, 0.6) is 11.5 Å². The number of nitrogens with two attached hydrogens (primary N) is 1. The molecule has 0 atom stereocenters. The van der Waals surface area contributed by atoms with Gasteiger partial charge in [-0.3, -0.25) is 0 Å². The molecule has 0 bridgehead atoms. The van der Waals surface area contributed by atoms with Crippen LogP contribution >= 0.6 is 34.2 Å². The number of anilines is 1. The highest BCUT2D eigenvalue weighted by molar-refractivity contribution is 14.1. The molecule has 0 saturated carbocycles. The van der Waals surface area contributed by atoms with Crippen LogP contribution in [0, 0.1) is 3.57 Å². The predicted octanol–water partition coefficient (Wildman–Crippen LogP) is 4.32. The zero-order chi connectivity index (χ0) is 11.5. The van der Waals surface area contributed by atoms with E-state index < -0.39 is 0 Å². The molecule has 2 nitrogen and oxygen atoms in total. The van der Waals surface area contributed by atoms with Crippen LogP contribution in [0.3, 0.4) is 0 Å². The van der Waals surface area contributed by atoms with Crippen LogP contribution in [-0.2, 0) is 0 Å². The second-order valence-electron chi connectivity index (χ2n) is 3.19.